The zero-order valence-corrected chi connectivity index (χ0v) is 12.4. The average Bonchev–Trinajstić information content (AvgIpc) is 3.03. The summed E-state index contributed by atoms with van der Waals surface area (Å²) in [6, 6.07) is 15.3. The van der Waals surface area contributed by atoms with E-state index in [0.29, 0.717) is 23.3 Å². The highest BCUT2D eigenvalue weighted by atomic mass is 16.5. The molecule has 0 aliphatic carbocycles. The molecular weight excluding hydrogens is 280 g/mol. The van der Waals surface area contributed by atoms with Crippen molar-refractivity contribution in [3.05, 3.63) is 60.0 Å². The molecule has 1 heterocycles. The summed E-state index contributed by atoms with van der Waals surface area (Å²) in [6.07, 6.45) is 0. The maximum Gasteiger partial charge on any atom is 0.254 e. The van der Waals surface area contributed by atoms with Crippen LogP contribution in [0.25, 0.3) is 11.5 Å². The molecule has 5 nitrogen and oxygen atoms in total. The summed E-state index contributed by atoms with van der Waals surface area (Å²) in [5, 5.41) is 8.05. The molecule has 22 heavy (non-hydrogen) atoms. The van der Waals surface area contributed by atoms with Crippen molar-refractivity contribution < 1.29 is 13.9 Å². The normalized spacial score (nSPS) is 10.5. The lowest BCUT2D eigenvalue weighted by atomic mass is 10.1. The van der Waals surface area contributed by atoms with E-state index >= 15 is 0 Å². The molecule has 1 aromatic heterocycles. The first-order valence-electron chi connectivity index (χ1n) is 6.91. The Morgan fingerprint density at radius 1 is 0.955 bits per heavy atom. The van der Waals surface area contributed by atoms with E-state index in [4.69, 9.17) is 13.9 Å². The van der Waals surface area contributed by atoms with Crippen LogP contribution in [0.1, 0.15) is 11.5 Å². The van der Waals surface area contributed by atoms with Gasteiger partial charge in [-0.25, -0.2) is 0 Å². The smallest absolute Gasteiger partial charge is 0.254 e. The molecule has 0 bridgehead atoms. The van der Waals surface area contributed by atoms with Crippen molar-refractivity contribution in [2.24, 2.45) is 0 Å². The Balaban J connectivity index is 1.71. The molecule has 0 spiro atoms. The maximum atomic E-state index is 5.66. The van der Waals surface area contributed by atoms with Crippen molar-refractivity contribution in [3.8, 4) is 23.0 Å². The molecule has 3 rings (SSSR count). The van der Waals surface area contributed by atoms with Crippen molar-refractivity contribution in [2.45, 2.75) is 13.5 Å². The molecule has 0 N–H and O–H groups in total. The second-order valence-electron chi connectivity index (χ2n) is 4.81. The molecule has 0 unspecified atom stereocenters. The number of benzene rings is 2. The monoisotopic (exact) mass is 296 g/mol. The van der Waals surface area contributed by atoms with Gasteiger partial charge in [0.15, 0.2) is 18.1 Å². The van der Waals surface area contributed by atoms with E-state index in [1.165, 1.54) is 5.56 Å². The van der Waals surface area contributed by atoms with Gasteiger partial charge in [-0.2, -0.15) is 0 Å². The topological polar surface area (TPSA) is 57.4 Å². The quantitative estimate of drug-likeness (QED) is 0.719. The van der Waals surface area contributed by atoms with Gasteiger partial charge in [-0.3, -0.25) is 0 Å². The summed E-state index contributed by atoms with van der Waals surface area (Å²) < 4.78 is 16.5. The van der Waals surface area contributed by atoms with Crippen molar-refractivity contribution in [3.63, 3.8) is 0 Å². The molecule has 0 saturated heterocycles. The first kappa shape index (κ1) is 14.1. The predicted octanol–water partition coefficient (Wildman–Crippen LogP) is 3.63. The molecule has 5 heteroatoms. The third-order valence-electron chi connectivity index (χ3n) is 3.19. The summed E-state index contributed by atoms with van der Waals surface area (Å²) in [6.45, 7) is 2.23. The van der Waals surface area contributed by atoms with Gasteiger partial charge in [0.2, 0.25) is 5.89 Å². The fraction of sp³-hybridized carbons (Fsp3) is 0.176. The molecule has 112 valence electrons. The predicted molar refractivity (Wildman–Crippen MR) is 81.8 cm³/mol. The van der Waals surface area contributed by atoms with Gasteiger partial charge in [0.25, 0.3) is 5.89 Å². The average molecular weight is 296 g/mol. The number of nitrogens with zero attached hydrogens (tertiary/aromatic N) is 2. The summed E-state index contributed by atoms with van der Waals surface area (Å²) >= 11 is 0. The SMILES string of the molecule is COc1ccccc1OCc1nnc(-c2ccc(C)cc2)o1. The van der Waals surface area contributed by atoms with Crippen LogP contribution in [0.3, 0.4) is 0 Å². The first-order valence-corrected chi connectivity index (χ1v) is 6.91. The Morgan fingerprint density at radius 2 is 1.68 bits per heavy atom. The van der Waals surface area contributed by atoms with Gasteiger partial charge in [-0.15, -0.1) is 10.2 Å². The van der Waals surface area contributed by atoms with Crippen LogP contribution in [0.4, 0.5) is 0 Å². The van der Waals surface area contributed by atoms with Crippen LogP contribution in [0.2, 0.25) is 0 Å². The molecule has 0 saturated carbocycles. The van der Waals surface area contributed by atoms with Crippen molar-refractivity contribution in [1.82, 2.24) is 10.2 Å². The number of hydrogen-bond acceptors (Lipinski definition) is 5. The van der Waals surface area contributed by atoms with Crippen LogP contribution in [-0.2, 0) is 6.61 Å². The molecule has 0 fully saturated rings. The van der Waals surface area contributed by atoms with Gasteiger partial charge < -0.3 is 13.9 Å². The van der Waals surface area contributed by atoms with E-state index in [9.17, 15) is 0 Å². The number of ether oxygens (including phenoxy) is 2. The van der Waals surface area contributed by atoms with E-state index < -0.39 is 0 Å². The number of methoxy groups -OCH3 is 1. The van der Waals surface area contributed by atoms with E-state index in [-0.39, 0.29) is 6.61 Å². The Kier molecular flexibility index (Phi) is 4.05. The minimum Gasteiger partial charge on any atom is -0.493 e. The number of para-hydroxylation sites is 2. The fourth-order valence-electron chi connectivity index (χ4n) is 2.00. The standard InChI is InChI=1S/C17H16N2O3/c1-12-7-9-13(10-8-12)17-19-18-16(22-17)11-21-15-6-4-3-5-14(15)20-2/h3-10H,11H2,1-2H3. The molecule has 3 aromatic rings. The summed E-state index contributed by atoms with van der Waals surface area (Å²) in [5.41, 5.74) is 2.07. The third-order valence-corrected chi connectivity index (χ3v) is 3.19. The second kappa shape index (κ2) is 6.30. The zero-order valence-electron chi connectivity index (χ0n) is 12.4. The largest absolute Gasteiger partial charge is 0.493 e. The Hall–Kier alpha value is -2.82. The van der Waals surface area contributed by atoms with Crippen molar-refractivity contribution in [2.75, 3.05) is 7.11 Å². The highest BCUT2D eigenvalue weighted by molar-refractivity contribution is 5.52. The van der Waals surface area contributed by atoms with Gasteiger partial charge in [0.05, 0.1) is 7.11 Å². The Morgan fingerprint density at radius 3 is 2.41 bits per heavy atom. The first-order chi connectivity index (χ1) is 10.8. The minimum atomic E-state index is 0.194. The van der Waals surface area contributed by atoms with E-state index in [1.54, 1.807) is 7.11 Å². The molecule has 2 aromatic carbocycles. The van der Waals surface area contributed by atoms with Crippen molar-refractivity contribution >= 4 is 0 Å². The van der Waals surface area contributed by atoms with Crippen LogP contribution >= 0.6 is 0 Å². The molecule has 0 aliphatic heterocycles. The lowest BCUT2D eigenvalue weighted by molar-refractivity contribution is 0.251. The molecule has 0 atom stereocenters. The van der Waals surface area contributed by atoms with Gasteiger partial charge >= 0.3 is 0 Å². The lowest BCUT2D eigenvalue weighted by Gasteiger charge is -2.07. The Bertz CT molecular complexity index is 751. The maximum absolute atomic E-state index is 5.66. The van der Waals surface area contributed by atoms with Crippen LogP contribution in [-0.4, -0.2) is 17.3 Å². The van der Waals surface area contributed by atoms with Crippen LogP contribution < -0.4 is 9.47 Å². The third kappa shape index (κ3) is 3.09. The molecular formula is C17H16N2O3. The van der Waals surface area contributed by atoms with Crippen LogP contribution in [0.15, 0.2) is 52.9 Å². The van der Waals surface area contributed by atoms with E-state index in [0.717, 1.165) is 5.56 Å². The highest BCUT2D eigenvalue weighted by Crippen LogP contribution is 2.27. The second-order valence-corrected chi connectivity index (χ2v) is 4.81. The van der Waals surface area contributed by atoms with Gasteiger partial charge in [-0.05, 0) is 31.2 Å². The molecule has 0 amide bonds. The number of hydrogen-bond donors (Lipinski definition) is 0. The lowest BCUT2D eigenvalue weighted by Crippen LogP contribution is -1.97. The summed E-state index contributed by atoms with van der Waals surface area (Å²) in [5.74, 6) is 2.21. The number of aromatic nitrogens is 2. The number of aryl methyl sites for hydroxylation is 1. The number of rotatable bonds is 5. The summed E-state index contributed by atoms with van der Waals surface area (Å²) in [7, 11) is 1.60. The van der Waals surface area contributed by atoms with E-state index in [2.05, 4.69) is 10.2 Å². The van der Waals surface area contributed by atoms with Crippen molar-refractivity contribution in [1.29, 1.82) is 0 Å². The Labute approximate surface area is 128 Å². The fourth-order valence-corrected chi connectivity index (χ4v) is 2.00. The van der Waals surface area contributed by atoms with Crippen LogP contribution in [0, 0.1) is 6.92 Å². The minimum absolute atomic E-state index is 0.194. The van der Waals surface area contributed by atoms with Crippen LogP contribution in [0.5, 0.6) is 11.5 Å². The van der Waals surface area contributed by atoms with E-state index in [1.807, 2.05) is 55.5 Å². The molecule has 0 aliphatic rings. The van der Waals surface area contributed by atoms with Gasteiger partial charge in [0, 0.05) is 5.56 Å². The van der Waals surface area contributed by atoms with Gasteiger partial charge in [0.1, 0.15) is 0 Å². The molecule has 0 radical (unpaired) electrons. The zero-order chi connectivity index (χ0) is 15.4. The summed E-state index contributed by atoms with van der Waals surface area (Å²) in [4.78, 5) is 0. The highest BCUT2D eigenvalue weighted by Gasteiger charge is 2.10. The van der Waals surface area contributed by atoms with Gasteiger partial charge in [-0.1, -0.05) is 29.8 Å².